The van der Waals surface area contributed by atoms with Gasteiger partial charge in [0.1, 0.15) is 0 Å². The molecule has 0 aliphatic rings. The van der Waals surface area contributed by atoms with Crippen molar-refractivity contribution in [3.63, 3.8) is 0 Å². The number of hydrogen-bond donors (Lipinski definition) is 1. The molecule has 0 heterocycles. The van der Waals surface area contributed by atoms with E-state index in [1.54, 1.807) is 6.92 Å². The molecule has 0 saturated heterocycles. The minimum absolute atomic E-state index is 0.00784. The van der Waals surface area contributed by atoms with Gasteiger partial charge in [0.15, 0.2) is 12.4 Å². The second-order valence-corrected chi connectivity index (χ2v) is 7.53. The number of rotatable bonds is 5. The van der Waals surface area contributed by atoms with Crippen molar-refractivity contribution in [2.24, 2.45) is 5.14 Å². The third kappa shape index (κ3) is 4.79. The lowest BCUT2D eigenvalue weighted by atomic mass is 10.1. The summed E-state index contributed by atoms with van der Waals surface area (Å²) in [5.41, 5.74) is 0.727. The second-order valence-electron chi connectivity index (χ2n) is 5.15. The fourth-order valence-electron chi connectivity index (χ4n) is 1.96. The van der Waals surface area contributed by atoms with Crippen LogP contribution in [0.5, 0.6) is 0 Å². The maximum Gasteiger partial charge on any atom is 0.338 e. The summed E-state index contributed by atoms with van der Waals surface area (Å²) in [5.74, 6) is -1.32. The molecule has 0 radical (unpaired) electrons. The first-order valence-corrected chi connectivity index (χ1v) is 9.18. The monoisotopic (exact) mass is 401 g/mol. The Morgan fingerprint density at radius 1 is 1.08 bits per heavy atom. The number of benzene rings is 2. The number of sulfonamides is 1. The fraction of sp³-hybridized carbons (Fsp3) is 0.125. The molecule has 0 bridgehead atoms. The van der Waals surface area contributed by atoms with E-state index in [-0.39, 0.29) is 21.0 Å². The van der Waals surface area contributed by atoms with Crippen molar-refractivity contribution in [2.75, 3.05) is 6.61 Å². The average molecular weight is 402 g/mol. The van der Waals surface area contributed by atoms with Gasteiger partial charge in [-0.25, -0.2) is 18.4 Å². The summed E-state index contributed by atoms with van der Waals surface area (Å²) >= 11 is 11.6. The summed E-state index contributed by atoms with van der Waals surface area (Å²) in [6.45, 7) is 1.07. The molecule has 6 nitrogen and oxygen atoms in total. The van der Waals surface area contributed by atoms with Gasteiger partial charge in [0.05, 0.1) is 20.5 Å². The summed E-state index contributed by atoms with van der Waals surface area (Å²) in [6, 6.07) is 8.10. The van der Waals surface area contributed by atoms with Gasteiger partial charge in [0.2, 0.25) is 10.0 Å². The number of halogens is 2. The zero-order valence-electron chi connectivity index (χ0n) is 13.0. The van der Waals surface area contributed by atoms with Gasteiger partial charge in [0.25, 0.3) is 0 Å². The molecule has 0 aliphatic heterocycles. The topological polar surface area (TPSA) is 104 Å². The lowest BCUT2D eigenvalue weighted by molar-refractivity contribution is 0.0473. The zero-order valence-corrected chi connectivity index (χ0v) is 15.3. The Hall–Kier alpha value is -1.93. The fourth-order valence-corrected chi connectivity index (χ4v) is 2.80. The molecule has 0 amide bonds. The van der Waals surface area contributed by atoms with Crippen LogP contribution in [0.1, 0.15) is 26.3 Å². The number of Topliss-reactive ketones (excluding diaryl/α,β-unsaturated/α-hetero) is 1. The second kappa shape index (κ2) is 7.53. The minimum Gasteiger partial charge on any atom is -0.454 e. The first kappa shape index (κ1) is 19.4. The van der Waals surface area contributed by atoms with Crippen LogP contribution in [0.4, 0.5) is 0 Å². The Balaban J connectivity index is 2.14. The van der Waals surface area contributed by atoms with Crippen molar-refractivity contribution in [3.8, 4) is 0 Å². The van der Waals surface area contributed by atoms with Crippen molar-refractivity contribution < 1.29 is 22.7 Å². The van der Waals surface area contributed by atoms with Crippen LogP contribution < -0.4 is 5.14 Å². The zero-order chi connectivity index (χ0) is 18.8. The van der Waals surface area contributed by atoms with Crippen LogP contribution >= 0.6 is 23.2 Å². The summed E-state index contributed by atoms with van der Waals surface area (Å²) in [4.78, 5) is 24.0. The lowest BCUT2D eigenvalue weighted by Gasteiger charge is -2.08. The molecule has 0 saturated carbocycles. The summed E-state index contributed by atoms with van der Waals surface area (Å²) in [7, 11) is -3.96. The van der Waals surface area contributed by atoms with Crippen molar-refractivity contribution in [3.05, 3.63) is 63.1 Å². The van der Waals surface area contributed by atoms with Crippen molar-refractivity contribution in [1.82, 2.24) is 0 Å². The number of ketones is 1. The van der Waals surface area contributed by atoms with E-state index >= 15 is 0 Å². The molecular weight excluding hydrogens is 389 g/mol. The standard InChI is InChI=1S/C16H13Cl2NO5S/c1-9-2-4-11(25(19,22)23)7-12(9)16(21)24-8-15(20)10-3-5-13(17)14(18)6-10/h2-7H,8H2,1H3,(H2,19,22,23). The van der Waals surface area contributed by atoms with E-state index < -0.39 is 28.4 Å². The molecule has 0 aromatic heterocycles. The van der Waals surface area contributed by atoms with E-state index in [1.165, 1.54) is 30.3 Å². The number of primary sulfonamides is 1. The van der Waals surface area contributed by atoms with Gasteiger partial charge in [-0.1, -0.05) is 29.3 Å². The number of carbonyl (C=O) groups is 2. The van der Waals surface area contributed by atoms with Crippen LogP contribution in [-0.4, -0.2) is 26.8 Å². The summed E-state index contributed by atoms with van der Waals surface area (Å²) in [6.07, 6.45) is 0. The highest BCUT2D eigenvalue weighted by molar-refractivity contribution is 7.89. The molecular formula is C16H13Cl2NO5S. The van der Waals surface area contributed by atoms with Crippen LogP contribution in [0.3, 0.4) is 0 Å². The molecule has 0 fully saturated rings. The molecule has 0 aliphatic carbocycles. The number of ether oxygens (including phenoxy) is 1. The largest absolute Gasteiger partial charge is 0.454 e. The van der Waals surface area contributed by atoms with Crippen LogP contribution in [0, 0.1) is 6.92 Å². The van der Waals surface area contributed by atoms with E-state index in [2.05, 4.69) is 0 Å². The van der Waals surface area contributed by atoms with E-state index in [4.69, 9.17) is 33.1 Å². The Morgan fingerprint density at radius 3 is 2.36 bits per heavy atom. The molecule has 9 heteroatoms. The van der Waals surface area contributed by atoms with Crippen molar-refractivity contribution >= 4 is 45.0 Å². The van der Waals surface area contributed by atoms with Gasteiger partial charge in [-0.3, -0.25) is 4.79 Å². The van der Waals surface area contributed by atoms with Crippen molar-refractivity contribution in [1.29, 1.82) is 0 Å². The molecule has 2 aromatic carbocycles. The molecule has 0 spiro atoms. The van der Waals surface area contributed by atoms with Crippen LogP contribution in [-0.2, 0) is 14.8 Å². The van der Waals surface area contributed by atoms with E-state index in [0.29, 0.717) is 10.6 Å². The van der Waals surface area contributed by atoms with Gasteiger partial charge in [-0.05, 0) is 42.8 Å². The molecule has 2 rings (SSSR count). The Morgan fingerprint density at radius 2 is 1.76 bits per heavy atom. The molecule has 2 aromatic rings. The predicted molar refractivity (Wildman–Crippen MR) is 93.6 cm³/mol. The molecule has 0 atom stereocenters. The Kier molecular flexibility index (Phi) is 5.84. The van der Waals surface area contributed by atoms with E-state index in [1.807, 2.05) is 0 Å². The number of esters is 1. The smallest absolute Gasteiger partial charge is 0.338 e. The maximum absolute atomic E-state index is 12.1. The summed E-state index contributed by atoms with van der Waals surface area (Å²) in [5, 5.41) is 5.54. The average Bonchev–Trinajstić information content (AvgIpc) is 2.54. The summed E-state index contributed by atoms with van der Waals surface area (Å²) < 4.78 is 27.7. The molecule has 25 heavy (non-hydrogen) atoms. The van der Waals surface area contributed by atoms with Crippen molar-refractivity contribution in [2.45, 2.75) is 11.8 Å². The van der Waals surface area contributed by atoms with Crippen LogP contribution in [0.15, 0.2) is 41.3 Å². The first-order valence-electron chi connectivity index (χ1n) is 6.88. The van der Waals surface area contributed by atoms with Gasteiger partial charge in [0, 0.05) is 5.56 Å². The normalized spacial score (nSPS) is 11.2. The van der Waals surface area contributed by atoms with E-state index in [0.717, 1.165) is 6.07 Å². The first-order chi connectivity index (χ1) is 11.6. The number of carbonyl (C=O) groups excluding carboxylic acids is 2. The highest BCUT2D eigenvalue weighted by Crippen LogP contribution is 2.23. The highest BCUT2D eigenvalue weighted by Gasteiger charge is 2.17. The maximum atomic E-state index is 12.1. The lowest BCUT2D eigenvalue weighted by Crippen LogP contribution is -2.17. The van der Waals surface area contributed by atoms with Gasteiger partial charge < -0.3 is 4.74 Å². The molecule has 132 valence electrons. The predicted octanol–water partition coefficient (Wildman–Crippen LogP) is 2.99. The minimum atomic E-state index is -3.96. The van der Waals surface area contributed by atoms with Gasteiger partial charge in [-0.2, -0.15) is 0 Å². The number of aryl methyl sites for hydroxylation is 1. The third-order valence-electron chi connectivity index (χ3n) is 3.33. The Labute approximate surface area is 154 Å². The SMILES string of the molecule is Cc1ccc(S(N)(=O)=O)cc1C(=O)OCC(=O)c1ccc(Cl)c(Cl)c1. The number of nitrogens with two attached hydrogens (primary N) is 1. The van der Waals surface area contributed by atoms with Gasteiger partial charge in [-0.15, -0.1) is 0 Å². The molecule has 0 unspecified atom stereocenters. The highest BCUT2D eigenvalue weighted by atomic mass is 35.5. The van der Waals surface area contributed by atoms with Gasteiger partial charge >= 0.3 is 5.97 Å². The van der Waals surface area contributed by atoms with Crippen LogP contribution in [0.2, 0.25) is 10.0 Å². The quantitative estimate of drug-likeness (QED) is 0.612. The van der Waals surface area contributed by atoms with Crippen LogP contribution in [0.25, 0.3) is 0 Å². The third-order valence-corrected chi connectivity index (χ3v) is 4.98. The van der Waals surface area contributed by atoms with E-state index in [9.17, 15) is 18.0 Å². The molecule has 2 N–H and O–H groups in total. The number of hydrogen-bond acceptors (Lipinski definition) is 5. The Bertz CT molecular complexity index is 957.